The van der Waals surface area contributed by atoms with Gasteiger partial charge in [0, 0.05) is 22.0 Å². The molecule has 0 amide bonds. The van der Waals surface area contributed by atoms with Gasteiger partial charge in [-0.1, -0.05) is 11.6 Å². The van der Waals surface area contributed by atoms with Gasteiger partial charge in [-0.05, 0) is 61.4 Å². The fourth-order valence-corrected chi connectivity index (χ4v) is 4.83. The van der Waals surface area contributed by atoms with Crippen molar-refractivity contribution in [3.05, 3.63) is 58.6 Å². The fraction of sp³-hybridized carbons (Fsp3) is 0.278. The van der Waals surface area contributed by atoms with Crippen molar-refractivity contribution in [3.63, 3.8) is 0 Å². The lowest BCUT2D eigenvalue weighted by atomic mass is 10.1. The Morgan fingerprint density at radius 1 is 1.20 bits per heavy atom. The molecule has 1 aliphatic heterocycles. The summed E-state index contributed by atoms with van der Waals surface area (Å²) in [4.78, 5) is 13.4. The number of halogens is 1. The first-order chi connectivity index (χ1) is 11.9. The smallest absolute Gasteiger partial charge is 0.234 e. The molecule has 0 fully saturated rings. The molecule has 132 valence electrons. The molecule has 2 aromatic rings. The number of rotatable bonds is 6. The molecule has 0 unspecified atom stereocenters. The van der Waals surface area contributed by atoms with Gasteiger partial charge in [-0.2, -0.15) is 0 Å². The maximum atomic E-state index is 12.4. The van der Waals surface area contributed by atoms with E-state index in [-0.39, 0.29) is 11.5 Å². The van der Waals surface area contributed by atoms with Crippen molar-refractivity contribution in [1.29, 1.82) is 0 Å². The molecular formula is C18H18ClNO3S2. The number of Topliss-reactive ketones (excluding diaryl/α,β-unsaturated/α-hetero) is 1. The van der Waals surface area contributed by atoms with Crippen molar-refractivity contribution in [2.24, 2.45) is 0 Å². The van der Waals surface area contributed by atoms with E-state index in [0.717, 1.165) is 10.5 Å². The number of fused-ring (bicyclic) bond motifs is 1. The zero-order chi connectivity index (χ0) is 18.0. The normalized spacial score (nSPS) is 13.8. The number of ketones is 1. The van der Waals surface area contributed by atoms with E-state index >= 15 is 0 Å². The Balaban J connectivity index is 1.72. The minimum absolute atomic E-state index is 0.0274. The first kappa shape index (κ1) is 18.3. The summed E-state index contributed by atoms with van der Waals surface area (Å²) < 4.78 is 25.7. The Kier molecular flexibility index (Phi) is 5.41. The van der Waals surface area contributed by atoms with E-state index in [1.54, 1.807) is 31.2 Å². The lowest BCUT2D eigenvalue weighted by Gasteiger charge is -2.18. The summed E-state index contributed by atoms with van der Waals surface area (Å²) in [6.45, 7) is 2.09. The summed E-state index contributed by atoms with van der Waals surface area (Å²) >= 11 is 7.31. The van der Waals surface area contributed by atoms with Crippen molar-refractivity contribution in [2.45, 2.75) is 18.2 Å². The molecule has 2 aromatic carbocycles. The maximum Gasteiger partial charge on any atom is 0.234 e. The van der Waals surface area contributed by atoms with Gasteiger partial charge in [-0.25, -0.2) is 8.42 Å². The molecule has 0 spiro atoms. The summed E-state index contributed by atoms with van der Waals surface area (Å²) in [5.41, 5.74) is 2.24. The Morgan fingerprint density at radius 3 is 2.60 bits per heavy atom. The van der Waals surface area contributed by atoms with Crippen LogP contribution in [0.25, 0.3) is 0 Å². The van der Waals surface area contributed by atoms with Gasteiger partial charge in [0.15, 0.2) is 5.78 Å². The molecular weight excluding hydrogens is 378 g/mol. The third kappa shape index (κ3) is 4.02. The molecule has 0 saturated carbocycles. The fourth-order valence-electron chi connectivity index (χ4n) is 2.75. The number of hydrogen-bond donors (Lipinski definition) is 0. The number of benzene rings is 2. The number of sulfonamides is 1. The summed E-state index contributed by atoms with van der Waals surface area (Å²) in [7, 11) is -3.26. The van der Waals surface area contributed by atoms with Crippen LogP contribution in [0.3, 0.4) is 0 Å². The van der Waals surface area contributed by atoms with Gasteiger partial charge < -0.3 is 0 Å². The van der Waals surface area contributed by atoms with Crippen LogP contribution in [-0.2, 0) is 16.4 Å². The summed E-state index contributed by atoms with van der Waals surface area (Å²) in [6.07, 6.45) is 0.639. The summed E-state index contributed by atoms with van der Waals surface area (Å²) in [5, 5.41) is 0.667. The second kappa shape index (κ2) is 7.40. The van der Waals surface area contributed by atoms with Gasteiger partial charge in [0.2, 0.25) is 10.0 Å². The van der Waals surface area contributed by atoms with E-state index in [4.69, 9.17) is 11.6 Å². The monoisotopic (exact) mass is 395 g/mol. The maximum absolute atomic E-state index is 12.4. The standard InChI is InChI=1S/C18H18ClNO3S2/c1-2-25(22,23)20-10-9-13-11-14(3-8-17(13)20)18(21)12-24-16-6-4-15(19)5-7-16/h3-8,11H,2,9-10,12H2,1H3. The van der Waals surface area contributed by atoms with Crippen molar-refractivity contribution >= 4 is 44.9 Å². The van der Waals surface area contributed by atoms with Gasteiger partial charge in [0.25, 0.3) is 0 Å². The Labute approximate surface area is 157 Å². The summed E-state index contributed by atoms with van der Waals surface area (Å²) in [5.74, 6) is 0.432. The Bertz CT molecular complexity index is 895. The molecule has 0 aromatic heterocycles. The predicted octanol–water partition coefficient (Wildman–Crippen LogP) is 4.03. The number of hydrogen-bond acceptors (Lipinski definition) is 4. The van der Waals surface area contributed by atoms with Crippen LogP contribution in [0, 0.1) is 0 Å². The second-order valence-electron chi connectivity index (χ2n) is 5.73. The zero-order valence-electron chi connectivity index (χ0n) is 13.7. The first-order valence-electron chi connectivity index (χ1n) is 7.95. The van der Waals surface area contributed by atoms with Crippen LogP contribution in [0.4, 0.5) is 5.69 Å². The molecule has 0 atom stereocenters. The van der Waals surface area contributed by atoms with Crippen molar-refractivity contribution in [1.82, 2.24) is 0 Å². The lowest BCUT2D eigenvalue weighted by molar-refractivity contribution is 0.102. The highest BCUT2D eigenvalue weighted by Crippen LogP contribution is 2.32. The SMILES string of the molecule is CCS(=O)(=O)N1CCc2cc(C(=O)CSc3ccc(Cl)cc3)ccc21. The molecule has 0 radical (unpaired) electrons. The number of carbonyl (C=O) groups is 1. The number of thioether (sulfide) groups is 1. The number of anilines is 1. The molecule has 4 nitrogen and oxygen atoms in total. The van der Waals surface area contributed by atoms with Crippen molar-refractivity contribution in [3.8, 4) is 0 Å². The largest absolute Gasteiger partial charge is 0.293 e. The van der Waals surface area contributed by atoms with Crippen LogP contribution in [0.1, 0.15) is 22.8 Å². The minimum Gasteiger partial charge on any atom is -0.293 e. The Hall–Kier alpha value is -1.50. The third-order valence-electron chi connectivity index (χ3n) is 4.14. The highest BCUT2D eigenvalue weighted by Gasteiger charge is 2.28. The van der Waals surface area contributed by atoms with Crippen molar-refractivity contribution < 1.29 is 13.2 Å². The van der Waals surface area contributed by atoms with Crippen LogP contribution in [-0.4, -0.2) is 32.3 Å². The lowest BCUT2D eigenvalue weighted by Crippen LogP contribution is -2.30. The average molecular weight is 396 g/mol. The van der Waals surface area contributed by atoms with Crippen molar-refractivity contribution in [2.75, 3.05) is 22.4 Å². The molecule has 0 N–H and O–H groups in total. The average Bonchev–Trinajstić information content (AvgIpc) is 3.05. The molecule has 1 aliphatic rings. The van der Waals surface area contributed by atoms with E-state index in [1.165, 1.54) is 16.1 Å². The molecule has 3 rings (SSSR count). The highest BCUT2D eigenvalue weighted by atomic mass is 35.5. The molecule has 0 bridgehead atoms. The predicted molar refractivity (Wildman–Crippen MR) is 103 cm³/mol. The van der Waals surface area contributed by atoms with Crippen LogP contribution in [0.5, 0.6) is 0 Å². The second-order valence-corrected chi connectivity index (χ2v) is 9.40. The number of nitrogens with zero attached hydrogens (tertiary/aromatic N) is 1. The summed E-state index contributed by atoms with van der Waals surface area (Å²) in [6, 6.07) is 12.7. The van der Waals surface area contributed by atoms with Gasteiger partial charge in [0.1, 0.15) is 0 Å². The van der Waals surface area contributed by atoms with E-state index < -0.39 is 10.0 Å². The van der Waals surface area contributed by atoms with Gasteiger partial charge in [-0.3, -0.25) is 9.10 Å². The molecule has 0 saturated heterocycles. The zero-order valence-corrected chi connectivity index (χ0v) is 16.1. The molecule has 25 heavy (non-hydrogen) atoms. The van der Waals surface area contributed by atoms with Crippen LogP contribution in [0.2, 0.25) is 5.02 Å². The Morgan fingerprint density at radius 2 is 1.92 bits per heavy atom. The van der Waals surface area contributed by atoms with Gasteiger partial charge >= 0.3 is 0 Å². The quantitative estimate of drug-likeness (QED) is 0.547. The molecule has 1 heterocycles. The van der Waals surface area contributed by atoms with Gasteiger partial charge in [-0.15, -0.1) is 11.8 Å². The highest BCUT2D eigenvalue weighted by molar-refractivity contribution is 8.00. The minimum atomic E-state index is -3.26. The van der Waals surface area contributed by atoms with Crippen LogP contribution < -0.4 is 4.31 Å². The topological polar surface area (TPSA) is 54.5 Å². The van der Waals surface area contributed by atoms with Crippen LogP contribution in [0.15, 0.2) is 47.4 Å². The van der Waals surface area contributed by atoms with E-state index in [1.807, 2.05) is 18.2 Å². The third-order valence-corrected chi connectivity index (χ3v) is 7.18. The van der Waals surface area contributed by atoms with E-state index in [9.17, 15) is 13.2 Å². The van der Waals surface area contributed by atoms with Gasteiger partial charge in [0.05, 0.1) is 17.2 Å². The first-order valence-corrected chi connectivity index (χ1v) is 10.9. The van der Waals surface area contributed by atoms with E-state index in [2.05, 4.69) is 0 Å². The molecule has 0 aliphatic carbocycles. The molecule has 7 heteroatoms. The van der Waals surface area contributed by atoms with E-state index in [0.29, 0.717) is 35.0 Å². The van der Waals surface area contributed by atoms with Crippen LogP contribution >= 0.6 is 23.4 Å². The number of carbonyl (C=O) groups excluding carboxylic acids is 1.